The van der Waals surface area contributed by atoms with Gasteiger partial charge in [-0.05, 0) is 61.3 Å². The molecule has 0 bridgehead atoms. The molecule has 0 aromatic carbocycles. The van der Waals surface area contributed by atoms with Gasteiger partial charge in [-0.15, -0.1) is 0 Å². The molecule has 0 aliphatic carbocycles. The lowest BCUT2D eigenvalue weighted by Gasteiger charge is -2.46. The first kappa shape index (κ1) is 21.6. The molecule has 0 saturated carbocycles. The van der Waals surface area contributed by atoms with Crippen LogP contribution in [0.4, 0.5) is 4.79 Å². The Morgan fingerprint density at radius 2 is 1.79 bits per heavy atom. The van der Waals surface area contributed by atoms with Gasteiger partial charge in [-0.1, -0.05) is 0 Å². The van der Waals surface area contributed by atoms with Gasteiger partial charge in [-0.2, -0.15) is 5.10 Å². The maximum Gasteiger partial charge on any atom is 0.410 e. The summed E-state index contributed by atoms with van der Waals surface area (Å²) in [6.45, 7) is 15.0. The van der Waals surface area contributed by atoms with Crippen LogP contribution in [0.1, 0.15) is 83.1 Å². The third-order valence-corrected chi connectivity index (χ3v) is 5.33. The summed E-state index contributed by atoms with van der Waals surface area (Å²) in [5.41, 5.74) is 1.41. The zero-order valence-corrected chi connectivity index (χ0v) is 18.7. The van der Waals surface area contributed by atoms with Crippen LogP contribution in [0.3, 0.4) is 0 Å². The first-order valence-electron chi connectivity index (χ1n) is 10.4. The van der Waals surface area contributed by atoms with Crippen molar-refractivity contribution in [2.24, 2.45) is 0 Å². The van der Waals surface area contributed by atoms with E-state index in [1.807, 2.05) is 20.8 Å². The number of amides is 2. The van der Waals surface area contributed by atoms with E-state index in [1.165, 1.54) is 0 Å². The van der Waals surface area contributed by atoms with Gasteiger partial charge in [0.2, 0.25) is 0 Å². The number of hydrogen-bond acceptors (Lipinski definition) is 5. The van der Waals surface area contributed by atoms with E-state index in [9.17, 15) is 9.59 Å². The Morgan fingerprint density at radius 1 is 1.17 bits per heavy atom. The topological polar surface area (TPSA) is 99.4 Å². The molecule has 2 aliphatic rings. The standard InChI is InChI=1S/C21H35N5O3/c1-19(2,3)29-18(28)26-9-8-15-14(12-26)16(24-23-15)17(27)22-13-10-20(4,5)25-21(6,7)11-13/h13,25H,8-12H2,1-7H3,(H,22,27)(H,23,24). The number of carbonyl (C=O) groups is 2. The second kappa shape index (κ2) is 7.31. The van der Waals surface area contributed by atoms with Crippen molar-refractivity contribution >= 4 is 12.0 Å². The van der Waals surface area contributed by atoms with Crippen molar-refractivity contribution in [1.82, 2.24) is 25.7 Å². The minimum Gasteiger partial charge on any atom is -0.444 e. The molecule has 2 aliphatic heterocycles. The number of fused-ring (bicyclic) bond motifs is 1. The minimum absolute atomic E-state index is 0.0573. The van der Waals surface area contributed by atoms with Crippen LogP contribution in [-0.2, 0) is 17.7 Å². The van der Waals surface area contributed by atoms with Crippen molar-refractivity contribution in [2.45, 2.75) is 97.0 Å². The van der Waals surface area contributed by atoms with E-state index in [0.717, 1.165) is 24.1 Å². The molecule has 0 radical (unpaired) electrons. The lowest BCUT2D eigenvalue weighted by atomic mass is 9.79. The highest BCUT2D eigenvalue weighted by molar-refractivity contribution is 5.94. The van der Waals surface area contributed by atoms with Crippen molar-refractivity contribution in [3.05, 3.63) is 17.0 Å². The van der Waals surface area contributed by atoms with Gasteiger partial charge in [0.15, 0.2) is 5.69 Å². The Kier molecular flexibility index (Phi) is 5.45. The molecule has 0 unspecified atom stereocenters. The van der Waals surface area contributed by atoms with Crippen molar-refractivity contribution in [3.63, 3.8) is 0 Å². The molecule has 2 amide bonds. The van der Waals surface area contributed by atoms with Crippen LogP contribution in [0.15, 0.2) is 0 Å². The van der Waals surface area contributed by atoms with Crippen molar-refractivity contribution < 1.29 is 14.3 Å². The Bertz CT molecular complexity index is 775. The number of aromatic amines is 1. The van der Waals surface area contributed by atoms with E-state index in [2.05, 4.69) is 48.5 Å². The van der Waals surface area contributed by atoms with Crippen molar-refractivity contribution in [3.8, 4) is 0 Å². The fourth-order valence-corrected chi connectivity index (χ4v) is 4.64. The molecule has 162 valence electrons. The van der Waals surface area contributed by atoms with Crippen LogP contribution in [0.2, 0.25) is 0 Å². The summed E-state index contributed by atoms with van der Waals surface area (Å²) in [4.78, 5) is 27.1. The van der Waals surface area contributed by atoms with Gasteiger partial charge in [-0.25, -0.2) is 4.79 Å². The molecule has 1 fully saturated rings. The van der Waals surface area contributed by atoms with Gasteiger partial charge in [0.1, 0.15) is 5.60 Å². The first-order valence-corrected chi connectivity index (χ1v) is 10.4. The number of carbonyl (C=O) groups excluding carboxylic acids is 2. The van der Waals surface area contributed by atoms with Crippen LogP contribution >= 0.6 is 0 Å². The molecule has 1 aromatic rings. The van der Waals surface area contributed by atoms with Gasteiger partial charge in [0.25, 0.3) is 5.91 Å². The average Bonchev–Trinajstić information content (AvgIpc) is 2.93. The average molecular weight is 406 g/mol. The third kappa shape index (κ3) is 5.29. The van der Waals surface area contributed by atoms with Crippen LogP contribution in [0.25, 0.3) is 0 Å². The summed E-state index contributed by atoms with van der Waals surface area (Å²) in [5.74, 6) is -0.188. The lowest BCUT2D eigenvalue weighted by Crippen LogP contribution is -2.62. The molecule has 3 N–H and O–H groups in total. The maximum atomic E-state index is 13.0. The van der Waals surface area contributed by atoms with E-state index in [4.69, 9.17) is 4.74 Å². The van der Waals surface area contributed by atoms with E-state index in [-0.39, 0.29) is 29.1 Å². The normalized spacial score (nSPS) is 21.4. The highest BCUT2D eigenvalue weighted by Crippen LogP contribution is 2.29. The third-order valence-electron chi connectivity index (χ3n) is 5.33. The molecule has 1 saturated heterocycles. The molecule has 0 spiro atoms. The van der Waals surface area contributed by atoms with Crippen LogP contribution in [-0.4, -0.2) is 56.4 Å². The quantitative estimate of drug-likeness (QED) is 0.703. The highest BCUT2D eigenvalue weighted by Gasteiger charge is 2.39. The van der Waals surface area contributed by atoms with Crippen molar-refractivity contribution in [1.29, 1.82) is 0 Å². The van der Waals surface area contributed by atoms with Gasteiger partial charge < -0.3 is 20.3 Å². The number of nitrogens with one attached hydrogen (secondary N) is 3. The molecule has 3 rings (SSSR count). The number of nitrogens with zero attached hydrogens (tertiary/aromatic N) is 2. The van der Waals surface area contributed by atoms with E-state index < -0.39 is 5.60 Å². The smallest absolute Gasteiger partial charge is 0.410 e. The Labute approximate surface area is 173 Å². The van der Waals surface area contributed by atoms with Gasteiger partial charge >= 0.3 is 6.09 Å². The van der Waals surface area contributed by atoms with Gasteiger partial charge in [-0.3, -0.25) is 9.89 Å². The number of rotatable bonds is 2. The number of aromatic nitrogens is 2. The molecule has 1 aromatic heterocycles. The lowest BCUT2D eigenvalue weighted by molar-refractivity contribution is 0.0222. The number of H-pyrrole nitrogens is 1. The highest BCUT2D eigenvalue weighted by atomic mass is 16.6. The second-order valence-corrected chi connectivity index (χ2v) is 10.7. The predicted molar refractivity (Wildman–Crippen MR) is 111 cm³/mol. The molecular weight excluding hydrogens is 370 g/mol. The molecule has 0 atom stereocenters. The summed E-state index contributed by atoms with van der Waals surface area (Å²) in [7, 11) is 0. The van der Waals surface area contributed by atoms with Crippen molar-refractivity contribution in [2.75, 3.05) is 6.54 Å². The van der Waals surface area contributed by atoms with E-state index in [0.29, 0.717) is 25.2 Å². The van der Waals surface area contributed by atoms with Gasteiger partial charge in [0.05, 0.1) is 6.54 Å². The summed E-state index contributed by atoms with van der Waals surface area (Å²) in [6, 6.07) is 0.0617. The largest absolute Gasteiger partial charge is 0.444 e. The Balaban J connectivity index is 1.71. The van der Waals surface area contributed by atoms with E-state index in [1.54, 1.807) is 4.90 Å². The van der Waals surface area contributed by atoms with Crippen LogP contribution in [0.5, 0.6) is 0 Å². The van der Waals surface area contributed by atoms with Crippen LogP contribution in [0, 0.1) is 0 Å². The van der Waals surface area contributed by atoms with Gasteiger partial charge in [0, 0.05) is 41.3 Å². The molecule has 29 heavy (non-hydrogen) atoms. The summed E-state index contributed by atoms with van der Waals surface area (Å²) < 4.78 is 5.49. The molecule has 8 nitrogen and oxygen atoms in total. The zero-order valence-electron chi connectivity index (χ0n) is 18.7. The minimum atomic E-state index is -0.553. The number of hydrogen-bond donors (Lipinski definition) is 3. The SMILES string of the molecule is CC1(C)CC(NC(=O)c2n[nH]c3c2CN(C(=O)OC(C)(C)C)CC3)CC(C)(C)N1. The molecule has 3 heterocycles. The van der Waals surface area contributed by atoms with Crippen LogP contribution < -0.4 is 10.6 Å². The predicted octanol–water partition coefficient (Wildman–Crippen LogP) is 2.74. The fraction of sp³-hybridized carbons (Fsp3) is 0.762. The summed E-state index contributed by atoms with van der Waals surface area (Å²) >= 11 is 0. The van der Waals surface area contributed by atoms with E-state index >= 15 is 0 Å². The molecule has 8 heteroatoms. The number of piperidine rings is 1. The second-order valence-electron chi connectivity index (χ2n) is 10.7. The monoisotopic (exact) mass is 405 g/mol. The maximum absolute atomic E-state index is 13.0. The summed E-state index contributed by atoms with van der Waals surface area (Å²) in [6.07, 6.45) is 1.96. The Morgan fingerprint density at radius 3 is 2.38 bits per heavy atom. The zero-order chi connectivity index (χ0) is 21.6. The fourth-order valence-electron chi connectivity index (χ4n) is 4.64. The first-order chi connectivity index (χ1) is 13.2. The summed E-state index contributed by atoms with van der Waals surface area (Å²) in [5, 5.41) is 14.0. The number of ether oxygens (including phenoxy) is 1. The Hall–Kier alpha value is -2.09. The molecular formula is C21H35N5O3.